The van der Waals surface area contributed by atoms with Gasteiger partial charge in [0, 0.05) is 17.5 Å². The van der Waals surface area contributed by atoms with Gasteiger partial charge in [-0.25, -0.2) is 4.79 Å². The van der Waals surface area contributed by atoms with Gasteiger partial charge in [-0.05, 0) is 23.8 Å². The lowest BCUT2D eigenvalue weighted by molar-refractivity contribution is -0.422. The third-order valence-corrected chi connectivity index (χ3v) is 2.39. The van der Waals surface area contributed by atoms with E-state index in [1.165, 1.54) is 25.1 Å². The van der Waals surface area contributed by atoms with Crippen molar-refractivity contribution < 1.29 is 14.8 Å². The van der Waals surface area contributed by atoms with Gasteiger partial charge in [-0.15, -0.1) is 0 Å². The first kappa shape index (κ1) is 12.4. The Bertz CT molecular complexity index is 482. The molecule has 84 valence electrons. The van der Waals surface area contributed by atoms with Crippen molar-refractivity contribution in [1.29, 1.82) is 0 Å². The monoisotopic (exact) mass is 285 g/mol. The van der Waals surface area contributed by atoms with Crippen LogP contribution in [-0.2, 0) is 0 Å². The number of carboxylic acids is 1. The van der Waals surface area contributed by atoms with Crippen LogP contribution in [0, 0.1) is 10.1 Å². The molecule has 0 saturated heterocycles. The van der Waals surface area contributed by atoms with Gasteiger partial charge in [-0.2, -0.15) is 0 Å². The summed E-state index contributed by atoms with van der Waals surface area (Å²) in [5.41, 5.74) is 0.223. The Kier molecular flexibility index (Phi) is 3.78. The van der Waals surface area contributed by atoms with Crippen LogP contribution in [0.5, 0.6) is 0 Å². The average molecular weight is 286 g/mol. The normalized spacial score (nSPS) is 11.2. The molecule has 0 spiro atoms. The molecule has 5 nitrogen and oxygen atoms in total. The highest BCUT2D eigenvalue weighted by Gasteiger charge is 2.11. The summed E-state index contributed by atoms with van der Waals surface area (Å²) >= 11 is 3.18. The minimum Gasteiger partial charge on any atom is -0.478 e. The number of nitrogens with zero attached hydrogens (tertiary/aromatic N) is 1. The van der Waals surface area contributed by atoms with Crippen molar-refractivity contribution in [2.45, 2.75) is 6.92 Å². The van der Waals surface area contributed by atoms with Gasteiger partial charge in [0.15, 0.2) is 0 Å². The highest BCUT2D eigenvalue weighted by Crippen LogP contribution is 2.19. The van der Waals surface area contributed by atoms with E-state index in [2.05, 4.69) is 15.9 Å². The second-order valence-corrected chi connectivity index (χ2v) is 4.00. The van der Waals surface area contributed by atoms with Crippen LogP contribution in [0.1, 0.15) is 22.8 Å². The maximum absolute atomic E-state index is 10.9. The average Bonchev–Trinajstić information content (AvgIpc) is 2.16. The van der Waals surface area contributed by atoms with Crippen molar-refractivity contribution in [3.63, 3.8) is 0 Å². The first-order valence-corrected chi connectivity index (χ1v) is 5.06. The largest absolute Gasteiger partial charge is 0.478 e. The van der Waals surface area contributed by atoms with Gasteiger partial charge in [0.05, 0.1) is 10.5 Å². The summed E-state index contributed by atoms with van der Waals surface area (Å²) in [7, 11) is 0. The van der Waals surface area contributed by atoms with E-state index in [1.54, 1.807) is 6.07 Å². The Balaban J connectivity index is 3.31. The van der Waals surface area contributed by atoms with Crippen LogP contribution in [0.25, 0.3) is 6.08 Å². The number of rotatable bonds is 3. The summed E-state index contributed by atoms with van der Waals surface area (Å²) in [6.07, 6.45) is 1.23. The number of hydrogen-bond acceptors (Lipinski definition) is 3. The maximum Gasteiger partial charge on any atom is 0.336 e. The van der Waals surface area contributed by atoms with Crippen molar-refractivity contribution >= 4 is 28.0 Å². The van der Waals surface area contributed by atoms with Crippen molar-refractivity contribution in [2.75, 3.05) is 0 Å². The molecule has 0 bridgehead atoms. The Hall–Kier alpha value is -1.69. The lowest BCUT2D eigenvalue weighted by atomic mass is 10.1. The van der Waals surface area contributed by atoms with Crippen LogP contribution in [-0.4, -0.2) is 16.0 Å². The standard InChI is InChI=1S/C10H8BrNO4/c1-6(12(15)16)4-7-5-8(11)2-3-9(7)10(13)14/h2-5H,1H3,(H,13,14)/b6-4+. The lowest BCUT2D eigenvalue weighted by Crippen LogP contribution is -2.01. The summed E-state index contributed by atoms with van der Waals surface area (Å²) in [6.45, 7) is 1.31. The van der Waals surface area contributed by atoms with E-state index in [9.17, 15) is 14.9 Å². The minimum atomic E-state index is -1.12. The summed E-state index contributed by atoms with van der Waals surface area (Å²) in [5.74, 6) is -1.12. The van der Waals surface area contributed by atoms with Crippen LogP contribution in [0.3, 0.4) is 0 Å². The fraction of sp³-hybridized carbons (Fsp3) is 0.100. The smallest absolute Gasteiger partial charge is 0.336 e. The molecule has 0 radical (unpaired) electrons. The molecule has 0 aliphatic rings. The quantitative estimate of drug-likeness (QED) is 0.684. The number of aromatic carboxylic acids is 1. The Labute approximate surface area is 99.7 Å². The van der Waals surface area contributed by atoms with E-state index in [0.29, 0.717) is 10.0 Å². The van der Waals surface area contributed by atoms with Gasteiger partial charge in [0.1, 0.15) is 0 Å². The van der Waals surface area contributed by atoms with E-state index in [-0.39, 0.29) is 11.3 Å². The summed E-state index contributed by atoms with van der Waals surface area (Å²) in [6, 6.07) is 4.49. The zero-order valence-corrected chi connectivity index (χ0v) is 9.89. The van der Waals surface area contributed by atoms with Crippen molar-refractivity contribution in [2.24, 2.45) is 0 Å². The molecule has 0 amide bonds. The fourth-order valence-corrected chi connectivity index (χ4v) is 1.50. The van der Waals surface area contributed by atoms with Gasteiger partial charge < -0.3 is 5.11 Å². The van der Waals surface area contributed by atoms with Crippen molar-refractivity contribution in [3.05, 3.63) is 49.6 Å². The molecule has 0 saturated carbocycles. The number of allylic oxidation sites excluding steroid dienone is 1. The maximum atomic E-state index is 10.9. The molecule has 0 aromatic heterocycles. The van der Waals surface area contributed by atoms with Gasteiger partial charge in [0.25, 0.3) is 0 Å². The van der Waals surface area contributed by atoms with Crippen LogP contribution < -0.4 is 0 Å². The molecule has 1 aromatic carbocycles. The molecule has 0 atom stereocenters. The zero-order chi connectivity index (χ0) is 12.3. The molecule has 1 rings (SSSR count). The predicted molar refractivity (Wildman–Crippen MR) is 61.7 cm³/mol. The molecular formula is C10H8BrNO4. The number of benzene rings is 1. The Morgan fingerprint density at radius 2 is 2.19 bits per heavy atom. The van der Waals surface area contributed by atoms with Crippen LogP contribution in [0.4, 0.5) is 0 Å². The van der Waals surface area contributed by atoms with Crippen LogP contribution in [0.2, 0.25) is 0 Å². The third kappa shape index (κ3) is 2.90. The number of nitro groups is 1. The number of carbonyl (C=O) groups is 1. The molecule has 0 fully saturated rings. The van der Waals surface area contributed by atoms with Crippen molar-refractivity contribution in [3.8, 4) is 0 Å². The van der Waals surface area contributed by atoms with E-state index in [1.807, 2.05) is 0 Å². The van der Waals surface area contributed by atoms with Crippen LogP contribution in [0.15, 0.2) is 28.4 Å². The van der Waals surface area contributed by atoms with E-state index in [4.69, 9.17) is 5.11 Å². The Morgan fingerprint density at radius 1 is 1.56 bits per heavy atom. The topological polar surface area (TPSA) is 80.4 Å². The second-order valence-electron chi connectivity index (χ2n) is 3.08. The molecular weight excluding hydrogens is 278 g/mol. The van der Waals surface area contributed by atoms with Crippen molar-refractivity contribution in [1.82, 2.24) is 0 Å². The highest BCUT2D eigenvalue weighted by molar-refractivity contribution is 9.10. The third-order valence-electron chi connectivity index (χ3n) is 1.90. The zero-order valence-electron chi connectivity index (χ0n) is 8.31. The summed E-state index contributed by atoms with van der Waals surface area (Å²) in [4.78, 5) is 20.8. The molecule has 0 heterocycles. The first-order valence-electron chi connectivity index (χ1n) is 4.27. The van der Waals surface area contributed by atoms with E-state index >= 15 is 0 Å². The minimum absolute atomic E-state index is 0.0319. The Morgan fingerprint density at radius 3 is 2.69 bits per heavy atom. The first-order chi connectivity index (χ1) is 7.41. The number of carboxylic acid groups (broad SMARTS) is 1. The molecule has 1 aromatic rings. The number of halogens is 1. The van der Waals surface area contributed by atoms with E-state index in [0.717, 1.165) is 0 Å². The summed E-state index contributed by atoms with van der Waals surface area (Å²) in [5, 5.41) is 19.3. The molecule has 1 N–H and O–H groups in total. The molecule has 0 unspecified atom stereocenters. The van der Waals surface area contributed by atoms with Gasteiger partial charge in [0.2, 0.25) is 5.70 Å². The second kappa shape index (κ2) is 4.89. The van der Waals surface area contributed by atoms with Gasteiger partial charge >= 0.3 is 5.97 Å². The number of hydrogen-bond donors (Lipinski definition) is 1. The SMILES string of the molecule is C/C(=C\c1cc(Br)ccc1C(=O)O)[N+](=O)[O-]. The molecule has 0 aliphatic heterocycles. The van der Waals surface area contributed by atoms with Gasteiger partial charge in [-0.1, -0.05) is 15.9 Å². The van der Waals surface area contributed by atoms with Gasteiger partial charge in [-0.3, -0.25) is 10.1 Å². The summed E-state index contributed by atoms with van der Waals surface area (Å²) < 4.78 is 0.667. The fourth-order valence-electron chi connectivity index (χ4n) is 1.13. The lowest BCUT2D eigenvalue weighted by Gasteiger charge is -2.01. The predicted octanol–water partition coefficient (Wildman–Crippen LogP) is 2.78. The highest BCUT2D eigenvalue weighted by atomic mass is 79.9. The molecule has 6 heteroatoms. The molecule has 16 heavy (non-hydrogen) atoms. The molecule has 0 aliphatic carbocycles. The van der Waals surface area contributed by atoms with Crippen LogP contribution >= 0.6 is 15.9 Å². The van der Waals surface area contributed by atoms with E-state index < -0.39 is 10.9 Å².